The number of nitrogens with zero attached hydrogens (tertiary/aromatic N) is 2. The van der Waals surface area contributed by atoms with Crippen molar-refractivity contribution in [3.8, 4) is 0 Å². The largest absolute Gasteiger partial charge is 0.483 e. The number of hydrogen-bond acceptors (Lipinski definition) is 5. The van der Waals surface area contributed by atoms with Gasteiger partial charge in [-0.25, -0.2) is 4.98 Å². The molecule has 0 bridgehead atoms. The smallest absolute Gasteiger partial charge is 0.290 e. The zero-order valence-electron chi connectivity index (χ0n) is 10.5. The summed E-state index contributed by atoms with van der Waals surface area (Å²) in [6.07, 6.45) is 3.66. The van der Waals surface area contributed by atoms with Gasteiger partial charge in [0.1, 0.15) is 0 Å². The van der Waals surface area contributed by atoms with Crippen LogP contribution in [0.4, 0.5) is 0 Å². The Morgan fingerprint density at radius 2 is 1.90 bits per heavy atom. The first kappa shape index (κ1) is 16.1. The van der Waals surface area contributed by atoms with Gasteiger partial charge in [0.05, 0.1) is 10.2 Å². The van der Waals surface area contributed by atoms with Crippen LogP contribution >= 0.6 is 11.3 Å². The highest BCUT2D eigenvalue weighted by Gasteiger charge is 2.07. The molecule has 0 aliphatic carbocycles. The number of carbonyl (C=O) groups excluding carboxylic acids is 1. The minimum absolute atomic E-state index is 0.250. The third-order valence-electron chi connectivity index (χ3n) is 2.31. The van der Waals surface area contributed by atoms with E-state index >= 15 is 0 Å². The molecule has 4 N–H and O–H groups in total. The molecule has 0 radical (unpaired) electrons. The van der Waals surface area contributed by atoms with Gasteiger partial charge >= 0.3 is 0 Å². The Balaban J connectivity index is 0.000000321. The molecule has 0 fully saturated rings. The number of nitrogens with two attached hydrogens (primary N) is 1. The third-order valence-corrected chi connectivity index (χ3v) is 3.34. The lowest BCUT2D eigenvalue weighted by atomic mass is 10.2. The topological polar surface area (TPSA) is 135 Å². The van der Waals surface area contributed by atoms with Gasteiger partial charge in [-0.3, -0.25) is 18.8 Å². The van der Waals surface area contributed by atoms with Crippen molar-refractivity contribution in [1.29, 1.82) is 0 Å². The van der Waals surface area contributed by atoms with Gasteiger partial charge in [0, 0.05) is 18.0 Å². The molecule has 0 saturated carbocycles. The lowest BCUT2D eigenvalue weighted by Gasteiger charge is -1.94. The zero-order chi connectivity index (χ0) is 15.8. The van der Waals surface area contributed by atoms with E-state index in [-0.39, 0.29) is 12.9 Å². The molecule has 3 rings (SSSR count). The Hall–Kier alpha value is -2.94. The van der Waals surface area contributed by atoms with Gasteiger partial charge in [-0.1, -0.05) is 11.3 Å². The van der Waals surface area contributed by atoms with E-state index in [4.69, 9.17) is 25.5 Å². The van der Waals surface area contributed by atoms with Crippen LogP contribution in [0, 0.1) is 0 Å². The van der Waals surface area contributed by atoms with E-state index in [9.17, 15) is 4.79 Å². The van der Waals surface area contributed by atoms with Crippen LogP contribution in [-0.2, 0) is 9.59 Å². The molecular weight excluding hydrogens is 298 g/mol. The molecule has 0 saturated heterocycles. The molecule has 3 aromatic rings. The molecule has 0 aliphatic rings. The quantitative estimate of drug-likeness (QED) is 0.575. The van der Waals surface area contributed by atoms with Crippen LogP contribution in [0.25, 0.3) is 15.2 Å². The van der Waals surface area contributed by atoms with Crippen LogP contribution in [0.5, 0.6) is 0 Å². The number of primary amides is 1. The number of aromatic nitrogens is 2. The molecule has 1 amide bonds. The first-order valence-corrected chi connectivity index (χ1v) is 6.21. The van der Waals surface area contributed by atoms with Gasteiger partial charge in [-0.05, 0) is 18.2 Å². The minimum Gasteiger partial charge on any atom is -0.483 e. The number of rotatable bonds is 1. The van der Waals surface area contributed by atoms with E-state index < -0.39 is 5.91 Å². The second-order valence-electron chi connectivity index (χ2n) is 3.44. The highest BCUT2D eigenvalue weighted by atomic mass is 32.1. The molecule has 0 aliphatic heterocycles. The number of benzene rings is 1. The Morgan fingerprint density at radius 1 is 1.29 bits per heavy atom. The number of hydrogen-bond donors (Lipinski definition) is 3. The highest BCUT2D eigenvalue weighted by molar-refractivity contribution is 7.23. The van der Waals surface area contributed by atoms with Gasteiger partial charge in [0.2, 0.25) is 5.91 Å². The first-order valence-electron chi connectivity index (χ1n) is 5.40. The molecule has 2 aromatic heterocycles. The van der Waals surface area contributed by atoms with Crippen molar-refractivity contribution in [2.24, 2.45) is 5.73 Å². The summed E-state index contributed by atoms with van der Waals surface area (Å²) >= 11 is 1.54. The second-order valence-corrected chi connectivity index (χ2v) is 4.45. The van der Waals surface area contributed by atoms with Gasteiger partial charge in [-0.15, -0.1) is 0 Å². The van der Waals surface area contributed by atoms with E-state index in [1.165, 1.54) is 0 Å². The molecule has 21 heavy (non-hydrogen) atoms. The summed E-state index contributed by atoms with van der Waals surface area (Å²) in [7, 11) is 0. The van der Waals surface area contributed by atoms with Gasteiger partial charge in [-0.2, -0.15) is 0 Å². The average Bonchev–Trinajstić information content (AvgIpc) is 2.99. The maximum Gasteiger partial charge on any atom is 0.290 e. The summed E-state index contributed by atoms with van der Waals surface area (Å²) in [6, 6.07) is 5.43. The second kappa shape index (κ2) is 7.60. The predicted molar refractivity (Wildman–Crippen MR) is 76.5 cm³/mol. The fourth-order valence-corrected chi connectivity index (χ4v) is 2.62. The molecule has 0 atom stereocenters. The summed E-state index contributed by atoms with van der Waals surface area (Å²) < 4.78 is 3.01. The van der Waals surface area contributed by atoms with Crippen molar-refractivity contribution in [2.45, 2.75) is 0 Å². The fraction of sp³-hybridized carbons (Fsp3) is 0. The summed E-state index contributed by atoms with van der Waals surface area (Å²) in [6.45, 7) is -0.500. The maximum atomic E-state index is 11.0. The maximum absolute atomic E-state index is 11.0. The van der Waals surface area contributed by atoms with Crippen LogP contribution in [0.1, 0.15) is 10.4 Å². The molecular formula is C12H11N3O5S. The van der Waals surface area contributed by atoms with Crippen LogP contribution < -0.4 is 5.73 Å². The predicted octanol–water partition coefficient (Wildman–Crippen LogP) is 1.05. The fourth-order valence-electron chi connectivity index (χ4n) is 1.60. The van der Waals surface area contributed by atoms with Gasteiger partial charge in [0.15, 0.2) is 4.96 Å². The van der Waals surface area contributed by atoms with Crippen molar-refractivity contribution in [1.82, 2.24) is 9.38 Å². The van der Waals surface area contributed by atoms with Crippen molar-refractivity contribution in [2.75, 3.05) is 0 Å². The lowest BCUT2D eigenvalue weighted by molar-refractivity contribution is -0.123. The molecule has 110 valence electrons. The normalized spacial score (nSPS) is 9.14. The number of fused-ring (bicyclic) bond motifs is 3. The van der Waals surface area contributed by atoms with E-state index in [1.54, 1.807) is 29.7 Å². The van der Waals surface area contributed by atoms with Crippen molar-refractivity contribution < 1.29 is 24.6 Å². The van der Waals surface area contributed by atoms with Gasteiger partial charge < -0.3 is 15.9 Å². The molecule has 0 spiro atoms. The number of imidazole rings is 1. The van der Waals surface area contributed by atoms with E-state index in [1.807, 2.05) is 16.7 Å². The first-order chi connectivity index (χ1) is 10.1. The standard InChI is InChI=1S/C10H7N3OS.2CH2O2/c11-9(14)6-1-2-7-8(5-6)15-10-12-3-4-13(7)10;2*2-1-3/h1-5H,(H2,11,14);2*1H,(H,2,3). The molecule has 1 aromatic carbocycles. The Bertz CT molecular complexity index is 759. The van der Waals surface area contributed by atoms with E-state index in [0.29, 0.717) is 5.56 Å². The zero-order valence-corrected chi connectivity index (χ0v) is 11.4. The van der Waals surface area contributed by atoms with Crippen LogP contribution in [-0.4, -0.2) is 38.4 Å². The third kappa shape index (κ3) is 3.76. The number of carboxylic acid groups (broad SMARTS) is 2. The molecule has 2 heterocycles. The average molecular weight is 309 g/mol. The van der Waals surface area contributed by atoms with Crippen LogP contribution in [0.3, 0.4) is 0 Å². The number of amides is 1. The van der Waals surface area contributed by atoms with Crippen LogP contribution in [0.2, 0.25) is 0 Å². The minimum atomic E-state index is -0.400. The SMILES string of the molecule is NC(=O)c1ccc2c(c1)sc1nccn12.O=CO.O=CO. The van der Waals surface area contributed by atoms with Crippen molar-refractivity contribution in [3.63, 3.8) is 0 Å². The number of thiazole rings is 1. The van der Waals surface area contributed by atoms with E-state index in [2.05, 4.69) is 4.98 Å². The number of carbonyl (C=O) groups is 3. The van der Waals surface area contributed by atoms with E-state index in [0.717, 1.165) is 15.2 Å². The lowest BCUT2D eigenvalue weighted by Crippen LogP contribution is -2.10. The molecule has 8 nitrogen and oxygen atoms in total. The van der Waals surface area contributed by atoms with Crippen molar-refractivity contribution >= 4 is 45.4 Å². The van der Waals surface area contributed by atoms with Gasteiger partial charge in [0.25, 0.3) is 12.9 Å². The van der Waals surface area contributed by atoms with Crippen LogP contribution in [0.15, 0.2) is 30.6 Å². The summed E-state index contributed by atoms with van der Waals surface area (Å²) in [5.41, 5.74) is 6.81. The summed E-state index contributed by atoms with van der Waals surface area (Å²) in [5, 5.41) is 13.8. The Morgan fingerprint density at radius 3 is 2.48 bits per heavy atom. The Labute approximate surface area is 122 Å². The highest BCUT2D eigenvalue weighted by Crippen LogP contribution is 2.26. The monoisotopic (exact) mass is 309 g/mol. The van der Waals surface area contributed by atoms with Crippen molar-refractivity contribution in [3.05, 3.63) is 36.2 Å². The summed E-state index contributed by atoms with van der Waals surface area (Å²) in [4.78, 5) is 32.8. The summed E-state index contributed by atoms with van der Waals surface area (Å²) in [5.74, 6) is -0.400. The Kier molecular flexibility index (Phi) is 5.83. The molecule has 0 unspecified atom stereocenters. The molecule has 9 heteroatoms.